The van der Waals surface area contributed by atoms with E-state index < -0.39 is 5.60 Å². The minimum atomic E-state index is -0.401. The van der Waals surface area contributed by atoms with Crippen LogP contribution >= 0.6 is 11.8 Å². The Morgan fingerprint density at radius 3 is 2.39 bits per heavy atom. The van der Waals surface area contributed by atoms with Crippen LogP contribution in [-0.2, 0) is 4.74 Å². The molecule has 0 radical (unpaired) electrons. The summed E-state index contributed by atoms with van der Waals surface area (Å²) in [7, 11) is 0. The van der Waals surface area contributed by atoms with Gasteiger partial charge in [0, 0.05) is 23.1 Å². The smallest absolute Gasteiger partial charge is 0.410 e. The molecular weight excluding hydrogens is 246 g/mol. The summed E-state index contributed by atoms with van der Waals surface area (Å²) >= 11 is 1.92. The lowest BCUT2D eigenvalue weighted by atomic mass is 10.2. The Hall–Kier alpha value is -0.380. The van der Waals surface area contributed by atoms with E-state index in [0.717, 1.165) is 25.1 Å². The molecule has 0 unspecified atom stereocenters. The Balaban J connectivity index is 2.51. The maximum absolute atomic E-state index is 12.1. The third-order valence-electron chi connectivity index (χ3n) is 2.71. The zero-order chi connectivity index (χ0) is 14.0. The summed E-state index contributed by atoms with van der Waals surface area (Å²) in [4.78, 5) is 14.0. The second kappa shape index (κ2) is 5.72. The average Bonchev–Trinajstić information content (AvgIpc) is 2.58. The fraction of sp³-hybridized carbons (Fsp3) is 0.929. The average molecular weight is 273 g/mol. The van der Waals surface area contributed by atoms with E-state index in [4.69, 9.17) is 4.74 Å². The molecule has 18 heavy (non-hydrogen) atoms. The molecule has 1 atom stereocenters. The van der Waals surface area contributed by atoms with Gasteiger partial charge in [-0.1, -0.05) is 20.8 Å². The molecule has 0 bridgehead atoms. The molecule has 3 nitrogen and oxygen atoms in total. The van der Waals surface area contributed by atoms with Gasteiger partial charge in [-0.15, -0.1) is 0 Å². The highest BCUT2D eigenvalue weighted by Gasteiger charge is 2.32. The Bertz CT molecular complexity index is 291. The molecule has 4 heteroatoms. The zero-order valence-electron chi connectivity index (χ0n) is 12.6. The van der Waals surface area contributed by atoms with Gasteiger partial charge in [-0.3, -0.25) is 0 Å². The largest absolute Gasteiger partial charge is 0.444 e. The van der Waals surface area contributed by atoms with E-state index in [0.29, 0.717) is 6.04 Å². The third-order valence-corrected chi connectivity index (χ3v) is 4.13. The second-order valence-corrected chi connectivity index (χ2v) is 8.74. The zero-order valence-corrected chi connectivity index (χ0v) is 13.4. The number of hydrogen-bond donors (Lipinski definition) is 0. The molecule has 0 aromatic heterocycles. The van der Waals surface area contributed by atoms with Crippen LogP contribution in [0.4, 0.5) is 4.79 Å². The van der Waals surface area contributed by atoms with Gasteiger partial charge in [0.05, 0.1) is 0 Å². The van der Waals surface area contributed by atoms with Crippen LogP contribution in [-0.4, -0.2) is 39.7 Å². The first-order chi connectivity index (χ1) is 8.08. The van der Waals surface area contributed by atoms with Crippen LogP contribution < -0.4 is 0 Å². The SMILES string of the molecule is CC(C)(C)OC(=O)N1CCC[C@H]1CSC(C)(C)C. The molecule has 1 saturated heterocycles. The number of hydrogen-bond acceptors (Lipinski definition) is 3. The quantitative estimate of drug-likeness (QED) is 0.764. The molecule has 0 aromatic carbocycles. The van der Waals surface area contributed by atoms with E-state index in [1.807, 2.05) is 37.4 Å². The van der Waals surface area contributed by atoms with Gasteiger partial charge in [0.2, 0.25) is 0 Å². The number of likely N-dealkylation sites (tertiary alicyclic amines) is 1. The van der Waals surface area contributed by atoms with E-state index in [1.165, 1.54) is 0 Å². The van der Waals surface area contributed by atoms with Crippen LogP contribution in [0.25, 0.3) is 0 Å². The van der Waals surface area contributed by atoms with Crippen molar-refractivity contribution in [2.45, 2.75) is 70.8 Å². The number of nitrogens with zero attached hydrogens (tertiary/aromatic N) is 1. The first kappa shape index (κ1) is 15.7. The highest BCUT2D eigenvalue weighted by atomic mass is 32.2. The van der Waals surface area contributed by atoms with Gasteiger partial charge >= 0.3 is 6.09 Å². The maximum Gasteiger partial charge on any atom is 0.410 e. The molecule has 0 N–H and O–H groups in total. The van der Waals surface area contributed by atoms with Crippen LogP contribution in [0.5, 0.6) is 0 Å². The van der Waals surface area contributed by atoms with E-state index in [2.05, 4.69) is 20.8 Å². The summed E-state index contributed by atoms with van der Waals surface area (Å²) in [5, 5.41) is 0. The predicted octanol–water partition coefficient (Wildman–Crippen LogP) is 3.92. The van der Waals surface area contributed by atoms with Gasteiger partial charge in [-0.05, 0) is 33.6 Å². The summed E-state index contributed by atoms with van der Waals surface area (Å²) in [5.74, 6) is 1.00. The molecule has 106 valence electrons. The molecule has 1 fully saturated rings. The van der Waals surface area contributed by atoms with Gasteiger partial charge in [-0.25, -0.2) is 4.79 Å². The Kier molecular flexibility index (Phi) is 4.98. The van der Waals surface area contributed by atoms with Crippen LogP contribution in [0, 0.1) is 0 Å². The van der Waals surface area contributed by atoms with Crippen molar-refractivity contribution in [3.05, 3.63) is 0 Å². The minimum Gasteiger partial charge on any atom is -0.444 e. The molecular formula is C14H27NO2S. The van der Waals surface area contributed by atoms with E-state index in [9.17, 15) is 4.79 Å². The maximum atomic E-state index is 12.1. The van der Waals surface area contributed by atoms with Gasteiger partial charge in [0.1, 0.15) is 5.60 Å². The van der Waals surface area contributed by atoms with Gasteiger partial charge in [-0.2, -0.15) is 11.8 Å². The van der Waals surface area contributed by atoms with E-state index in [-0.39, 0.29) is 10.8 Å². The number of ether oxygens (including phenoxy) is 1. The summed E-state index contributed by atoms with van der Waals surface area (Å²) in [6, 6.07) is 0.337. The normalized spacial score (nSPS) is 21.2. The van der Waals surface area contributed by atoms with Crippen molar-refractivity contribution in [2.24, 2.45) is 0 Å². The number of carbonyl (C=O) groups is 1. The van der Waals surface area contributed by atoms with E-state index >= 15 is 0 Å². The molecule has 1 aliphatic heterocycles. The summed E-state index contributed by atoms with van der Waals surface area (Å²) < 4.78 is 5.71. The second-order valence-electron chi connectivity index (χ2n) is 6.89. The summed E-state index contributed by atoms with van der Waals surface area (Å²) in [6.45, 7) is 13.2. The van der Waals surface area contributed by atoms with Crippen molar-refractivity contribution < 1.29 is 9.53 Å². The molecule has 0 spiro atoms. The summed E-state index contributed by atoms with van der Waals surface area (Å²) in [6.07, 6.45) is 2.04. The molecule has 1 rings (SSSR count). The van der Waals surface area contributed by atoms with Crippen molar-refractivity contribution in [1.29, 1.82) is 0 Å². The van der Waals surface area contributed by atoms with Gasteiger partial charge < -0.3 is 9.64 Å². The lowest BCUT2D eigenvalue weighted by Gasteiger charge is -2.30. The fourth-order valence-electron chi connectivity index (χ4n) is 1.92. The summed E-state index contributed by atoms with van der Waals surface area (Å²) in [5.41, 5.74) is -0.401. The molecule has 0 aliphatic carbocycles. The first-order valence-electron chi connectivity index (χ1n) is 6.72. The van der Waals surface area contributed by atoms with Crippen molar-refractivity contribution in [3.63, 3.8) is 0 Å². The minimum absolute atomic E-state index is 0.153. The number of amides is 1. The number of rotatable bonds is 2. The molecule has 1 aliphatic rings. The van der Waals surface area contributed by atoms with Gasteiger partial charge in [0.25, 0.3) is 0 Å². The topological polar surface area (TPSA) is 29.5 Å². The Labute approximate surface area is 116 Å². The van der Waals surface area contributed by atoms with Crippen molar-refractivity contribution >= 4 is 17.9 Å². The monoisotopic (exact) mass is 273 g/mol. The third kappa shape index (κ3) is 5.51. The standard InChI is InChI=1S/C14H27NO2S/c1-13(2,3)17-12(16)15-9-7-8-11(15)10-18-14(4,5)6/h11H,7-10H2,1-6H3/t11-/m0/s1. The van der Waals surface area contributed by atoms with Crippen LogP contribution in [0.15, 0.2) is 0 Å². The lowest BCUT2D eigenvalue weighted by molar-refractivity contribution is 0.0242. The van der Waals surface area contributed by atoms with Gasteiger partial charge in [0.15, 0.2) is 0 Å². The highest BCUT2D eigenvalue weighted by Crippen LogP contribution is 2.29. The van der Waals surface area contributed by atoms with Crippen molar-refractivity contribution in [2.75, 3.05) is 12.3 Å². The number of thioether (sulfide) groups is 1. The fourth-order valence-corrected chi connectivity index (χ4v) is 2.96. The lowest BCUT2D eigenvalue weighted by Crippen LogP contribution is -2.41. The van der Waals surface area contributed by atoms with Crippen LogP contribution in [0.2, 0.25) is 0 Å². The highest BCUT2D eigenvalue weighted by molar-refractivity contribution is 8.00. The molecule has 1 amide bonds. The Morgan fingerprint density at radius 2 is 1.89 bits per heavy atom. The van der Waals surface area contributed by atoms with Crippen LogP contribution in [0.3, 0.4) is 0 Å². The Morgan fingerprint density at radius 1 is 1.28 bits per heavy atom. The van der Waals surface area contributed by atoms with Crippen molar-refractivity contribution in [3.8, 4) is 0 Å². The molecule has 1 heterocycles. The molecule has 0 aromatic rings. The van der Waals surface area contributed by atoms with Crippen molar-refractivity contribution in [1.82, 2.24) is 4.90 Å². The first-order valence-corrected chi connectivity index (χ1v) is 7.71. The van der Waals surface area contributed by atoms with E-state index in [1.54, 1.807) is 0 Å². The number of carbonyl (C=O) groups excluding carboxylic acids is 1. The predicted molar refractivity (Wildman–Crippen MR) is 78.2 cm³/mol. The van der Waals surface area contributed by atoms with Crippen LogP contribution in [0.1, 0.15) is 54.4 Å². The molecule has 0 saturated carbocycles.